The van der Waals surface area contributed by atoms with E-state index in [0.717, 1.165) is 16.0 Å². The van der Waals surface area contributed by atoms with Gasteiger partial charge < -0.3 is 10.2 Å². The summed E-state index contributed by atoms with van der Waals surface area (Å²) in [7, 11) is 3.40. The van der Waals surface area contributed by atoms with Crippen LogP contribution in [-0.2, 0) is 11.3 Å². The molecular weight excluding hydrogens is 326 g/mol. The SMILES string of the molecule is CNC(=O)NC(=O)[C@@H](c1ccccc1)[NH+](C)Cc1ccc(Cl)cc1. The average molecular weight is 347 g/mol. The van der Waals surface area contributed by atoms with Crippen molar-refractivity contribution in [2.24, 2.45) is 0 Å². The molecule has 0 fully saturated rings. The number of nitrogens with one attached hydrogen (secondary N) is 3. The molecule has 126 valence electrons. The number of amides is 3. The molecule has 0 saturated carbocycles. The molecule has 3 amide bonds. The number of urea groups is 1. The van der Waals surface area contributed by atoms with Crippen LogP contribution in [0.4, 0.5) is 4.79 Å². The maximum atomic E-state index is 12.6. The molecule has 0 bridgehead atoms. The Hall–Kier alpha value is -2.37. The van der Waals surface area contributed by atoms with Crippen molar-refractivity contribution in [3.8, 4) is 0 Å². The summed E-state index contributed by atoms with van der Waals surface area (Å²) in [6.07, 6.45) is 0. The van der Waals surface area contributed by atoms with Crippen molar-refractivity contribution in [1.82, 2.24) is 10.6 Å². The monoisotopic (exact) mass is 346 g/mol. The molecule has 2 aromatic carbocycles. The number of likely N-dealkylation sites (N-methyl/N-ethyl adjacent to an activating group) is 1. The summed E-state index contributed by atoms with van der Waals surface area (Å²) in [5.41, 5.74) is 1.91. The number of hydrogen-bond donors (Lipinski definition) is 3. The lowest BCUT2D eigenvalue weighted by Gasteiger charge is -2.24. The van der Waals surface area contributed by atoms with E-state index in [0.29, 0.717) is 11.6 Å². The fourth-order valence-corrected chi connectivity index (χ4v) is 2.70. The zero-order chi connectivity index (χ0) is 17.5. The van der Waals surface area contributed by atoms with Crippen LogP contribution in [0.5, 0.6) is 0 Å². The minimum Gasteiger partial charge on any atom is -0.341 e. The summed E-state index contributed by atoms with van der Waals surface area (Å²) in [4.78, 5) is 25.0. The second-order valence-corrected chi connectivity index (χ2v) is 6.00. The summed E-state index contributed by atoms with van der Waals surface area (Å²) in [6, 6.07) is 15.9. The Morgan fingerprint density at radius 3 is 2.29 bits per heavy atom. The van der Waals surface area contributed by atoms with E-state index < -0.39 is 12.1 Å². The predicted molar refractivity (Wildman–Crippen MR) is 93.8 cm³/mol. The molecule has 2 rings (SSSR count). The Kier molecular flexibility index (Phi) is 6.35. The number of carbonyl (C=O) groups is 2. The van der Waals surface area contributed by atoms with Crippen LogP contribution >= 0.6 is 11.6 Å². The van der Waals surface area contributed by atoms with Gasteiger partial charge in [-0.2, -0.15) is 0 Å². The van der Waals surface area contributed by atoms with Crippen LogP contribution in [0.2, 0.25) is 5.02 Å². The van der Waals surface area contributed by atoms with Gasteiger partial charge in [0.2, 0.25) is 0 Å². The molecular formula is C18H21ClN3O2+. The number of hydrogen-bond acceptors (Lipinski definition) is 2. The number of quaternary nitrogens is 1. The topological polar surface area (TPSA) is 62.6 Å². The van der Waals surface area contributed by atoms with Crippen LogP contribution in [-0.4, -0.2) is 26.0 Å². The molecule has 0 radical (unpaired) electrons. The lowest BCUT2D eigenvalue weighted by molar-refractivity contribution is -0.916. The molecule has 0 aliphatic heterocycles. The van der Waals surface area contributed by atoms with E-state index in [1.165, 1.54) is 7.05 Å². The Morgan fingerprint density at radius 2 is 1.71 bits per heavy atom. The van der Waals surface area contributed by atoms with E-state index in [2.05, 4.69) is 10.6 Å². The number of halogens is 1. The Labute approximate surface area is 146 Å². The lowest BCUT2D eigenvalue weighted by atomic mass is 10.0. The van der Waals surface area contributed by atoms with Gasteiger partial charge in [0.25, 0.3) is 5.91 Å². The third kappa shape index (κ3) is 4.81. The zero-order valence-corrected chi connectivity index (χ0v) is 14.4. The molecule has 0 heterocycles. The highest BCUT2D eigenvalue weighted by molar-refractivity contribution is 6.30. The highest BCUT2D eigenvalue weighted by Gasteiger charge is 2.30. The first kappa shape index (κ1) is 18.0. The minimum absolute atomic E-state index is 0.341. The van der Waals surface area contributed by atoms with Gasteiger partial charge in [-0.05, 0) is 12.1 Å². The smallest absolute Gasteiger partial charge is 0.321 e. The van der Waals surface area contributed by atoms with E-state index in [4.69, 9.17) is 11.6 Å². The standard InChI is InChI=1S/C18H20ClN3O2/c1-20-18(24)21-17(23)16(14-6-4-3-5-7-14)22(2)12-13-8-10-15(19)11-9-13/h3-11,16H,12H2,1-2H3,(H2,20,21,23,24)/p+1/t16-/m1/s1. The second-order valence-electron chi connectivity index (χ2n) is 5.56. The molecule has 0 aliphatic carbocycles. The molecule has 1 unspecified atom stereocenters. The van der Waals surface area contributed by atoms with Crippen LogP contribution in [0.25, 0.3) is 0 Å². The Bertz CT molecular complexity index is 689. The van der Waals surface area contributed by atoms with Gasteiger partial charge in [0.05, 0.1) is 7.05 Å². The third-order valence-electron chi connectivity index (χ3n) is 3.75. The molecule has 0 aliphatic rings. The van der Waals surface area contributed by atoms with E-state index in [1.807, 2.05) is 61.6 Å². The number of imide groups is 1. The third-order valence-corrected chi connectivity index (χ3v) is 4.00. The average Bonchev–Trinajstić information content (AvgIpc) is 2.58. The molecule has 6 heteroatoms. The first-order valence-corrected chi connectivity index (χ1v) is 8.03. The fourth-order valence-electron chi connectivity index (χ4n) is 2.58. The molecule has 2 atom stereocenters. The molecule has 3 N–H and O–H groups in total. The van der Waals surface area contributed by atoms with Crippen molar-refractivity contribution in [2.75, 3.05) is 14.1 Å². The highest BCUT2D eigenvalue weighted by Crippen LogP contribution is 2.12. The van der Waals surface area contributed by atoms with Gasteiger partial charge >= 0.3 is 6.03 Å². The van der Waals surface area contributed by atoms with Crippen LogP contribution in [0.1, 0.15) is 17.2 Å². The predicted octanol–water partition coefficient (Wildman–Crippen LogP) is 1.55. The number of carbonyl (C=O) groups excluding carboxylic acids is 2. The van der Waals surface area contributed by atoms with E-state index >= 15 is 0 Å². The summed E-state index contributed by atoms with van der Waals surface area (Å²) in [6.45, 7) is 0.623. The number of benzene rings is 2. The Balaban J connectivity index is 2.22. The van der Waals surface area contributed by atoms with Crippen molar-refractivity contribution in [1.29, 1.82) is 0 Å². The largest absolute Gasteiger partial charge is 0.341 e. The van der Waals surface area contributed by atoms with Gasteiger partial charge in [-0.3, -0.25) is 10.1 Å². The zero-order valence-electron chi connectivity index (χ0n) is 13.7. The van der Waals surface area contributed by atoms with Crippen molar-refractivity contribution < 1.29 is 14.5 Å². The summed E-state index contributed by atoms with van der Waals surface area (Å²) in [5, 5.41) is 5.45. The first-order chi connectivity index (χ1) is 11.5. The van der Waals surface area contributed by atoms with Gasteiger partial charge in [0.15, 0.2) is 6.04 Å². The van der Waals surface area contributed by atoms with E-state index in [-0.39, 0.29) is 5.91 Å². The highest BCUT2D eigenvalue weighted by atomic mass is 35.5. The molecule has 0 aromatic heterocycles. The van der Waals surface area contributed by atoms with Crippen molar-refractivity contribution in [3.63, 3.8) is 0 Å². The summed E-state index contributed by atoms with van der Waals surface area (Å²) in [5.74, 6) is -0.341. The van der Waals surface area contributed by atoms with Crippen LogP contribution in [0, 0.1) is 0 Å². The van der Waals surface area contributed by atoms with Gasteiger partial charge in [0, 0.05) is 23.2 Å². The molecule has 0 spiro atoms. The van der Waals surface area contributed by atoms with E-state index in [9.17, 15) is 9.59 Å². The summed E-state index contributed by atoms with van der Waals surface area (Å²) >= 11 is 5.92. The van der Waals surface area contributed by atoms with Gasteiger partial charge in [-0.15, -0.1) is 0 Å². The normalized spacial score (nSPS) is 13.0. The van der Waals surface area contributed by atoms with Gasteiger partial charge in [0.1, 0.15) is 6.54 Å². The second kappa shape index (κ2) is 8.47. The maximum Gasteiger partial charge on any atom is 0.321 e. The molecule has 5 nitrogen and oxygen atoms in total. The molecule has 2 aromatic rings. The van der Waals surface area contributed by atoms with Gasteiger partial charge in [-0.25, -0.2) is 4.79 Å². The van der Waals surface area contributed by atoms with Gasteiger partial charge in [-0.1, -0.05) is 54.1 Å². The Morgan fingerprint density at radius 1 is 1.08 bits per heavy atom. The van der Waals surface area contributed by atoms with Crippen LogP contribution in [0.15, 0.2) is 54.6 Å². The number of rotatable bonds is 5. The van der Waals surface area contributed by atoms with Crippen molar-refractivity contribution in [3.05, 3.63) is 70.7 Å². The van der Waals surface area contributed by atoms with Crippen LogP contribution in [0.3, 0.4) is 0 Å². The molecule has 0 saturated heterocycles. The quantitative estimate of drug-likeness (QED) is 0.769. The van der Waals surface area contributed by atoms with Crippen molar-refractivity contribution in [2.45, 2.75) is 12.6 Å². The summed E-state index contributed by atoms with van der Waals surface area (Å²) < 4.78 is 0. The minimum atomic E-state index is -0.514. The fraction of sp³-hybridized carbons (Fsp3) is 0.222. The van der Waals surface area contributed by atoms with Crippen LogP contribution < -0.4 is 15.5 Å². The van der Waals surface area contributed by atoms with E-state index in [1.54, 1.807) is 0 Å². The first-order valence-electron chi connectivity index (χ1n) is 7.65. The molecule has 24 heavy (non-hydrogen) atoms. The maximum absolute atomic E-state index is 12.6. The van der Waals surface area contributed by atoms with Crippen molar-refractivity contribution >= 4 is 23.5 Å². The lowest BCUT2D eigenvalue weighted by Crippen LogP contribution is -3.09.